The van der Waals surface area contributed by atoms with Crippen LogP contribution in [0.15, 0.2) is 71.3 Å². The molecule has 0 saturated heterocycles. The molecule has 0 saturated carbocycles. The molecule has 0 amide bonds. The largest absolute Gasteiger partial charge is 0.382 e. The lowest BCUT2D eigenvalue weighted by atomic mass is 10.0. The van der Waals surface area contributed by atoms with Gasteiger partial charge in [-0.2, -0.15) is 8.78 Å². The Labute approximate surface area is 125 Å². The highest BCUT2D eigenvalue weighted by Gasteiger charge is 2.45. The Morgan fingerprint density at radius 3 is 2.18 bits per heavy atom. The van der Waals surface area contributed by atoms with E-state index in [1.165, 1.54) is 12.1 Å². The van der Waals surface area contributed by atoms with Gasteiger partial charge in [-0.25, -0.2) is 0 Å². The summed E-state index contributed by atoms with van der Waals surface area (Å²) in [4.78, 5) is 0. The van der Waals surface area contributed by atoms with Gasteiger partial charge in [0.05, 0.1) is 0 Å². The fourth-order valence-electron chi connectivity index (χ4n) is 2.16. The van der Waals surface area contributed by atoms with E-state index in [4.69, 9.17) is 4.52 Å². The minimum absolute atomic E-state index is 0.116. The molecule has 0 aliphatic heterocycles. The average Bonchev–Trinajstić information content (AvgIpc) is 3.06. The number of hydrogen-bond acceptors (Lipinski definition) is 3. The van der Waals surface area contributed by atoms with Crippen molar-refractivity contribution in [3.8, 4) is 11.3 Å². The highest BCUT2D eigenvalue weighted by atomic mass is 19.3. The first-order valence-corrected chi connectivity index (χ1v) is 6.72. The number of aliphatic hydroxyl groups excluding tert-OH is 1. The number of halogens is 2. The summed E-state index contributed by atoms with van der Waals surface area (Å²) in [5, 5.41) is 13.6. The van der Waals surface area contributed by atoms with Crippen LogP contribution in [0.4, 0.5) is 8.78 Å². The Balaban J connectivity index is 1.91. The summed E-state index contributed by atoms with van der Waals surface area (Å²) in [6, 6.07) is 17.8. The third kappa shape index (κ3) is 2.63. The molecule has 1 aromatic heterocycles. The summed E-state index contributed by atoms with van der Waals surface area (Å²) < 4.78 is 33.5. The molecule has 3 aromatic rings. The van der Waals surface area contributed by atoms with Crippen molar-refractivity contribution < 1.29 is 18.4 Å². The Hall–Kier alpha value is -2.53. The van der Waals surface area contributed by atoms with Crippen LogP contribution in [-0.2, 0) is 5.92 Å². The Morgan fingerprint density at radius 2 is 1.55 bits per heavy atom. The van der Waals surface area contributed by atoms with Crippen LogP contribution in [-0.4, -0.2) is 10.3 Å². The molecule has 1 N–H and O–H groups in total. The number of nitrogens with zero attached hydrogens (tertiary/aromatic N) is 1. The van der Waals surface area contributed by atoms with Gasteiger partial charge >= 0.3 is 5.92 Å². The third-order valence-electron chi connectivity index (χ3n) is 3.37. The summed E-state index contributed by atoms with van der Waals surface area (Å²) in [6.45, 7) is 0. The molecule has 0 aliphatic carbocycles. The van der Waals surface area contributed by atoms with Gasteiger partial charge in [-0.05, 0) is 5.56 Å². The smallest absolute Gasteiger partial charge is 0.336 e. The molecule has 3 rings (SSSR count). The SMILES string of the molecule is OC(c1ccccc1)C(F)(F)c1cc(-c2ccccc2)no1. The first-order valence-electron chi connectivity index (χ1n) is 6.72. The van der Waals surface area contributed by atoms with Gasteiger partial charge in [-0.1, -0.05) is 65.8 Å². The highest BCUT2D eigenvalue weighted by Crippen LogP contribution is 2.41. The standard InChI is InChI=1S/C17H13F2NO2/c18-17(19,16(21)13-9-5-2-6-10-13)15-11-14(20-22-15)12-7-3-1-4-8-12/h1-11,16,21H. The predicted octanol–water partition coefficient (Wildman–Crippen LogP) is 4.17. The number of alkyl halides is 2. The van der Waals surface area contributed by atoms with Gasteiger partial charge in [-0.15, -0.1) is 0 Å². The molecule has 5 heteroatoms. The van der Waals surface area contributed by atoms with Crippen LogP contribution in [0, 0.1) is 0 Å². The molecular formula is C17H13F2NO2. The summed E-state index contributed by atoms with van der Waals surface area (Å²) >= 11 is 0. The fraction of sp³-hybridized carbons (Fsp3) is 0.118. The summed E-state index contributed by atoms with van der Waals surface area (Å²) in [5.74, 6) is -4.23. The maximum atomic E-state index is 14.4. The van der Waals surface area contributed by atoms with Crippen LogP contribution in [0.25, 0.3) is 11.3 Å². The molecule has 0 radical (unpaired) electrons. The van der Waals surface area contributed by atoms with Crippen molar-refractivity contribution in [3.63, 3.8) is 0 Å². The van der Waals surface area contributed by atoms with E-state index in [0.29, 0.717) is 11.3 Å². The van der Waals surface area contributed by atoms with Crippen LogP contribution in [0.5, 0.6) is 0 Å². The molecule has 2 aromatic carbocycles. The van der Waals surface area contributed by atoms with Gasteiger partial charge in [-0.3, -0.25) is 0 Å². The topological polar surface area (TPSA) is 46.3 Å². The number of hydrogen-bond donors (Lipinski definition) is 1. The van der Waals surface area contributed by atoms with E-state index in [2.05, 4.69) is 5.16 Å². The predicted molar refractivity (Wildman–Crippen MR) is 77.2 cm³/mol. The zero-order valence-corrected chi connectivity index (χ0v) is 11.5. The second-order valence-electron chi connectivity index (χ2n) is 4.88. The molecule has 0 spiro atoms. The molecule has 22 heavy (non-hydrogen) atoms. The second-order valence-corrected chi connectivity index (χ2v) is 4.88. The molecular weight excluding hydrogens is 288 g/mol. The lowest BCUT2D eigenvalue weighted by Gasteiger charge is -2.19. The Bertz CT molecular complexity index is 742. The van der Waals surface area contributed by atoms with Crippen LogP contribution in [0.3, 0.4) is 0 Å². The van der Waals surface area contributed by atoms with Crippen molar-refractivity contribution in [1.29, 1.82) is 0 Å². The Morgan fingerprint density at radius 1 is 0.955 bits per heavy atom. The minimum Gasteiger partial charge on any atom is -0.382 e. The molecule has 1 heterocycles. The molecule has 3 nitrogen and oxygen atoms in total. The van der Waals surface area contributed by atoms with Crippen LogP contribution in [0.2, 0.25) is 0 Å². The van der Waals surface area contributed by atoms with E-state index in [1.54, 1.807) is 42.5 Å². The van der Waals surface area contributed by atoms with Crippen molar-refractivity contribution in [2.75, 3.05) is 0 Å². The normalized spacial score (nSPS) is 13.0. The summed E-state index contributed by atoms with van der Waals surface area (Å²) in [6.07, 6.45) is -2.00. The van der Waals surface area contributed by atoms with Gasteiger partial charge in [0.2, 0.25) is 5.76 Å². The van der Waals surface area contributed by atoms with Crippen molar-refractivity contribution in [2.45, 2.75) is 12.0 Å². The fourth-order valence-corrected chi connectivity index (χ4v) is 2.16. The molecule has 0 fully saturated rings. The maximum absolute atomic E-state index is 14.4. The summed E-state index contributed by atoms with van der Waals surface area (Å²) in [5.41, 5.74) is 1.09. The van der Waals surface area contributed by atoms with E-state index in [0.717, 1.165) is 6.07 Å². The maximum Gasteiger partial charge on any atom is 0.336 e. The van der Waals surface area contributed by atoms with E-state index in [1.807, 2.05) is 6.07 Å². The van der Waals surface area contributed by atoms with E-state index >= 15 is 0 Å². The van der Waals surface area contributed by atoms with Crippen molar-refractivity contribution in [2.24, 2.45) is 0 Å². The zero-order chi connectivity index (χ0) is 15.6. The monoisotopic (exact) mass is 301 g/mol. The number of aromatic nitrogens is 1. The van der Waals surface area contributed by atoms with Crippen LogP contribution >= 0.6 is 0 Å². The van der Waals surface area contributed by atoms with Gasteiger partial charge in [0.1, 0.15) is 5.69 Å². The number of rotatable bonds is 4. The first-order chi connectivity index (χ1) is 10.6. The van der Waals surface area contributed by atoms with Gasteiger partial charge in [0, 0.05) is 11.6 Å². The van der Waals surface area contributed by atoms with Crippen LogP contribution in [0.1, 0.15) is 17.4 Å². The van der Waals surface area contributed by atoms with Crippen LogP contribution < -0.4 is 0 Å². The molecule has 112 valence electrons. The van der Waals surface area contributed by atoms with Gasteiger partial charge in [0.25, 0.3) is 0 Å². The summed E-state index contributed by atoms with van der Waals surface area (Å²) in [7, 11) is 0. The zero-order valence-electron chi connectivity index (χ0n) is 11.5. The van der Waals surface area contributed by atoms with Crippen molar-refractivity contribution in [1.82, 2.24) is 5.16 Å². The Kier molecular flexibility index (Phi) is 3.73. The van der Waals surface area contributed by atoms with Crippen molar-refractivity contribution in [3.05, 3.63) is 78.1 Å². The van der Waals surface area contributed by atoms with Crippen molar-refractivity contribution >= 4 is 0 Å². The lowest BCUT2D eigenvalue weighted by Crippen LogP contribution is -2.23. The van der Waals surface area contributed by atoms with E-state index in [9.17, 15) is 13.9 Å². The second kappa shape index (κ2) is 5.69. The minimum atomic E-state index is -3.57. The molecule has 1 unspecified atom stereocenters. The van der Waals surface area contributed by atoms with E-state index < -0.39 is 17.8 Å². The van der Waals surface area contributed by atoms with E-state index in [-0.39, 0.29) is 5.56 Å². The molecule has 0 aliphatic rings. The third-order valence-corrected chi connectivity index (χ3v) is 3.37. The molecule has 1 atom stereocenters. The molecule has 0 bridgehead atoms. The van der Waals surface area contributed by atoms with Gasteiger partial charge in [0.15, 0.2) is 6.10 Å². The quantitative estimate of drug-likeness (QED) is 0.787. The average molecular weight is 301 g/mol. The first kappa shape index (κ1) is 14.4. The number of aliphatic hydroxyl groups is 1. The van der Waals surface area contributed by atoms with Gasteiger partial charge < -0.3 is 9.63 Å². The lowest BCUT2D eigenvalue weighted by molar-refractivity contribution is -0.133. The highest BCUT2D eigenvalue weighted by molar-refractivity contribution is 5.58. The number of benzene rings is 2.